The monoisotopic (exact) mass is 235 g/mol. The zero-order valence-corrected chi connectivity index (χ0v) is 10.4. The summed E-state index contributed by atoms with van der Waals surface area (Å²) in [5.41, 5.74) is 0.0374. The molecule has 5 nitrogen and oxygen atoms in total. The van der Waals surface area contributed by atoms with Gasteiger partial charge in [-0.1, -0.05) is 0 Å². The van der Waals surface area contributed by atoms with E-state index >= 15 is 0 Å². The first-order valence-electron chi connectivity index (χ1n) is 5.40. The molecule has 0 saturated heterocycles. The molecule has 1 N–H and O–H groups in total. The predicted octanol–water partition coefficient (Wildman–Crippen LogP) is -0.415. The van der Waals surface area contributed by atoms with Gasteiger partial charge in [-0.05, 0) is 6.92 Å². The normalized spacial score (nSPS) is 12.1. The van der Waals surface area contributed by atoms with E-state index < -0.39 is 0 Å². The average molecular weight is 235 g/mol. The van der Waals surface area contributed by atoms with Gasteiger partial charge in [0.1, 0.15) is 0 Å². The Morgan fingerprint density at radius 3 is 2.65 bits per heavy atom. The molecule has 1 aromatic rings. The maximum atomic E-state index is 11.6. The quantitative estimate of drug-likeness (QED) is 0.722. The maximum absolute atomic E-state index is 11.6. The number of terminal acetylenes is 1. The lowest BCUT2D eigenvalue weighted by Gasteiger charge is -2.13. The topological polar surface area (TPSA) is 56.0 Å². The summed E-state index contributed by atoms with van der Waals surface area (Å²) in [6.07, 6.45) is 5.81. The molecule has 1 heterocycles. The Morgan fingerprint density at radius 1 is 1.41 bits per heavy atom. The van der Waals surface area contributed by atoms with Crippen molar-refractivity contribution >= 4 is 0 Å². The van der Waals surface area contributed by atoms with Crippen molar-refractivity contribution in [1.29, 1.82) is 0 Å². The fourth-order valence-corrected chi connectivity index (χ4v) is 1.48. The summed E-state index contributed by atoms with van der Waals surface area (Å²) in [6.45, 7) is 2.41. The minimum absolute atomic E-state index is 0.152. The molecule has 1 atom stereocenters. The van der Waals surface area contributed by atoms with Crippen LogP contribution in [-0.4, -0.2) is 15.2 Å². The average Bonchev–Trinajstić information content (AvgIpc) is 2.30. The molecule has 0 aliphatic heterocycles. The molecule has 1 aromatic heterocycles. The van der Waals surface area contributed by atoms with Crippen LogP contribution in [0, 0.1) is 12.3 Å². The number of aromatic nitrogens is 2. The molecule has 1 rings (SSSR count). The number of hydrogen-bond acceptors (Lipinski definition) is 3. The molecule has 0 aromatic carbocycles. The molecule has 17 heavy (non-hydrogen) atoms. The van der Waals surface area contributed by atoms with E-state index in [9.17, 15) is 9.59 Å². The Labute approximate surface area is 100 Å². The van der Waals surface area contributed by atoms with Gasteiger partial charge in [0.15, 0.2) is 0 Å². The van der Waals surface area contributed by atoms with Gasteiger partial charge in [-0.2, -0.15) is 0 Å². The van der Waals surface area contributed by atoms with Crippen LogP contribution in [0.5, 0.6) is 0 Å². The van der Waals surface area contributed by atoms with E-state index in [0.29, 0.717) is 18.7 Å². The van der Waals surface area contributed by atoms with Crippen LogP contribution in [0.15, 0.2) is 15.7 Å². The highest BCUT2D eigenvalue weighted by molar-refractivity contribution is 5.02. The van der Waals surface area contributed by atoms with Crippen molar-refractivity contribution in [2.45, 2.75) is 25.9 Å². The summed E-state index contributed by atoms with van der Waals surface area (Å²) >= 11 is 0. The third-order valence-corrected chi connectivity index (χ3v) is 2.68. The van der Waals surface area contributed by atoms with Crippen LogP contribution in [0.3, 0.4) is 0 Å². The Hall–Kier alpha value is -1.80. The second-order valence-corrected chi connectivity index (χ2v) is 4.06. The van der Waals surface area contributed by atoms with Crippen LogP contribution >= 0.6 is 0 Å². The first kappa shape index (κ1) is 13.3. The lowest BCUT2D eigenvalue weighted by Crippen LogP contribution is -2.39. The molecule has 0 saturated carbocycles. The fourth-order valence-electron chi connectivity index (χ4n) is 1.48. The molecule has 0 amide bonds. The number of nitrogens with one attached hydrogen (secondary N) is 1. The first-order chi connectivity index (χ1) is 7.97. The van der Waals surface area contributed by atoms with Crippen molar-refractivity contribution in [3.8, 4) is 12.3 Å². The highest BCUT2D eigenvalue weighted by Crippen LogP contribution is 1.94. The Kier molecular flexibility index (Phi) is 4.30. The highest BCUT2D eigenvalue weighted by Gasteiger charge is 2.06. The zero-order valence-electron chi connectivity index (χ0n) is 10.4. The Morgan fingerprint density at radius 2 is 2.06 bits per heavy atom. The van der Waals surface area contributed by atoms with Crippen LogP contribution in [0.2, 0.25) is 0 Å². The van der Waals surface area contributed by atoms with Gasteiger partial charge in [0.2, 0.25) is 0 Å². The van der Waals surface area contributed by atoms with Gasteiger partial charge in [0, 0.05) is 44.9 Å². The van der Waals surface area contributed by atoms with Crippen molar-refractivity contribution in [1.82, 2.24) is 14.5 Å². The summed E-state index contributed by atoms with van der Waals surface area (Å²) in [5.74, 6) is 2.55. The van der Waals surface area contributed by atoms with Gasteiger partial charge in [-0.25, -0.2) is 4.79 Å². The zero-order chi connectivity index (χ0) is 13.0. The highest BCUT2D eigenvalue weighted by atomic mass is 16.2. The minimum Gasteiger partial charge on any atom is -0.308 e. The molecule has 0 aliphatic rings. The molecule has 0 aliphatic carbocycles. The molecule has 0 bridgehead atoms. The Bertz CT molecular complexity index is 548. The van der Waals surface area contributed by atoms with E-state index in [-0.39, 0.29) is 17.3 Å². The molecular formula is C12H17N3O2. The number of hydrogen-bond donors (Lipinski definition) is 1. The van der Waals surface area contributed by atoms with E-state index in [1.807, 2.05) is 6.92 Å². The largest absolute Gasteiger partial charge is 0.330 e. The molecule has 92 valence electrons. The van der Waals surface area contributed by atoms with Crippen LogP contribution in [0.1, 0.15) is 19.0 Å². The standard InChI is InChI=1S/C12H17N3O2/c1-5-6-9(2)13-8-10-7-11(16)15(4)12(17)14(10)3/h1,7,9,13H,6,8H2,2-4H3. The van der Waals surface area contributed by atoms with Gasteiger partial charge in [-0.15, -0.1) is 12.3 Å². The summed E-state index contributed by atoms with van der Waals surface area (Å²) < 4.78 is 2.53. The van der Waals surface area contributed by atoms with E-state index in [0.717, 1.165) is 4.57 Å². The Balaban J connectivity index is 2.91. The maximum Gasteiger partial charge on any atom is 0.330 e. The molecule has 1 unspecified atom stereocenters. The van der Waals surface area contributed by atoms with Crippen molar-refractivity contribution in [2.24, 2.45) is 14.1 Å². The van der Waals surface area contributed by atoms with Gasteiger partial charge in [-0.3, -0.25) is 13.9 Å². The molecule has 0 fully saturated rings. The van der Waals surface area contributed by atoms with Crippen LogP contribution in [-0.2, 0) is 20.6 Å². The van der Waals surface area contributed by atoms with Gasteiger partial charge < -0.3 is 5.32 Å². The minimum atomic E-state index is -0.320. The van der Waals surface area contributed by atoms with E-state index in [1.165, 1.54) is 17.7 Å². The fraction of sp³-hybridized carbons (Fsp3) is 0.500. The molecule has 0 radical (unpaired) electrons. The van der Waals surface area contributed by atoms with Crippen LogP contribution < -0.4 is 16.6 Å². The predicted molar refractivity (Wildman–Crippen MR) is 66.7 cm³/mol. The summed E-state index contributed by atoms with van der Waals surface area (Å²) in [5, 5.41) is 3.16. The van der Waals surface area contributed by atoms with Gasteiger partial charge in [0.05, 0.1) is 0 Å². The lowest BCUT2D eigenvalue weighted by molar-refractivity contribution is 0.530. The summed E-state index contributed by atoms with van der Waals surface area (Å²) in [7, 11) is 3.10. The smallest absolute Gasteiger partial charge is 0.308 e. The third kappa shape index (κ3) is 3.08. The van der Waals surface area contributed by atoms with E-state index in [4.69, 9.17) is 6.42 Å². The van der Waals surface area contributed by atoms with E-state index in [1.54, 1.807) is 7.05 Å². The van der Waals surface area contributed by atoms with Crippen LogP contribution in [0.25, 0.3) is 0 Å². The second kappa shape index (κ2) is 5.51. The first-order valence-corrected chi connectivity index (χ1v) is 5.40. The van der Waals surface area contributed by atoms with Gasteiger partial charge in [0.25, 0.3) is 5.56 Å². The van der Waals surface area contributed by atoms with Crippen molar-refractivity contribution < 1.29 is 0 Å². The molecule has 5 heteroatoms. The third-order valence-electron chi connectivity index (χ3n) is 2.68. The molecule has 0 spiro atoms. The van der Waals surface area contributed by atoms with Crippen molar-refractivity contribution in [2.75, 3.05) is 0 Å². The van der Waals surface area contributed by atoms with Gasteiger partial charge >= 0.3 is 5.69 Å². The molecular weight excluding hydrogens is 218 g/mol. The number of rotatable bonds is 4. The lowest BCUT2D eigenvalue weighted by atomic mass is 10.2. The van der Waals surface area contributed by atoms with Crippen molar-refractivity contribution in [3.63, 3.8) is 0 Å². The SMILES string of the molecule is C#CCC(C)NCc1cc(=O)n(C)c(=O)n1C. The second-order valence-electron chi connectivity index (χ2n) is 4.06. The number of nitrogens with zero attached hydrogens (tertiary/aromatic N) is 2. The van der Waals surface area contributed by atoms with Crippen LogP contribution in [0.4, 0.5) is 0 Å². The summed E-state index contributed by atoms with van der Waals surface area (Å²) in [4.78, 5) is 23.1. The summed E-state index contributed by atoms with van der Waals surface area (Å²) in [6, 6.07) is 1.61. The van der Waals surface area contributed by atoms with E-state index in [2.05, 4.69) is 11.2 Å². The van der Waals surface area contributed by atoms with Crippen molar-refractivity contribution in [3.05, 3.63) is 32.6 Å².